The maximum Gasteiger partial charge on any atom is 0.310 e. The topological polar surface area (TPSA) is 105 Å². The molecular weight excluding hydrogens is 480 g/mol. The molecule has 2 aromatic carbocycles. The molecule has 8 heteroatoms. The van der Waals surface area contributed by atoms with Gasteiger partial charge in [0.05, 0.1) is 11.9 Å². The Morgan fingerprint density at radius 2 is 1.64 bits per heavy atom. The molecule has 0 aliphatic carbocycles. The molecule has 0 spiro atoms. The van der Waals surface area contributed by atoms with Crippen molar-refractivity contribution in [1.29, 1.82) is 0 Å². The lowest BCUT2D eigenvalue weighted by atomic mass is 9.86. The Bertz CT molecular complexity index is 1290. The first kappa shape index (κ1) is 27.4. The van der Waals surface area contributed by atoms with E-state index in [1.165, 1.54) is 12.1 Å². The number of carbonyl (C=O) groups is 2. The molecule has 0 aliphatic heterocycles. The first-order valence-electron chi connectivity index (χ1n) is 11.9. The second-order valence-corrected chi connectivity index (χ2v) is 11.6. The zero-order valence-electron chi connectivity index (χ0n) is 20.7. The number of hydrogen-bond donors (Lipinski definition) is 2. The summed E-state index contributed by atoms with van der Waals surface area (Å²) in [5, 5.41) is 8.82. The van der Waals surface area contributed by atoms with E-state index in [9.17, 15) is 23.4 Å². The van der Waals surface area contributed by atoms with Crippen LogP contribution in [0.5, 0.6) is 0 Å². The average molecular weight is 512 g/mol. The Balaban J connectivity index is 2.17. The third-order valence-electron chi connectivity index (χ3n) is 5.99. The number of rotatable bonds is 11. The van der Waals surface area contributed by atoms with Crippen molar-refractivity contribution in [1.82, 2.24) is 4.98 Å². The molecular formula is C28H31FNO5P. The van der Waals surface area contributed by atoms with Gasteiger partial charge in [0, 0.05) is 17.4 Å². The smallest absolute Gasteiger partial charge is 0.310 e. The largest absolute Gasteiger partial charge is 0.481 e. The first-order valence-corrected chi connectivity index (χ1v) is 14.0. The van der Waals surface area contributed by atoms with Crippen LogP contribution in [0.15, 0.2) is 54.6 Å². The Morgan fingerprint density at radius 3 is 2.19 bits per heavy atom. The molecule has 0 bridgehead atoms. The van der Waals surface area contributed by atoms with Crippen LogP contribution in [0.4, 0.5) is 4.39 Å². The van der Waals surface area contributed by atoms with Gasteiger partial charge in [-0.1, -0.05) is 63.2 Å². The van der Waals surface area contributed by atoms with Crippen LogP contribution in [-0.2, 0) is 27.0 Å². The van der Waals surface area contributed by atoms with Crippen molar-refractivity contribution >= 4 is 19.1 Å². The number of Topliss-reactive ketones (excluding diaryl/α,β-unsaturated/α-hetero) is 1. The van der Waals surface area contributed by atoms with E-state index in [4.69, 9.17) is 10.1 Å². The molecule has 36 heavy (non-hydrogen) atoms. The molecule has 0 fully saturated rings. The molecule has 3 aromatic rings. The third kappa shape index (κ3) is 6.74. The summed E-state index contributed by atoms with van der Waals surface area (Å²) in [5.41, 5.74) is 5.88. The summed E-state index contributed by atoms with van der Waals surface area (Å²) in [5.74, 6) is -2.48. The van der Waals surface area contributed by atoms with E-state index in [-0.39, 0.29) is 24.3 Å². The molecule has 0 radical (unpaired) electrons. The van der Waals surface area contributed by atoms with Crippen LogP contribution in [0.3, 0.4) is 0 Å². The van der Waals surface area contributed by atoms with Gasteiger partial charge >= 0.3 is 5.97 Å². The number of carboxylic acids is 1. The zero-order chi connectivity index (χ0) is 26.5. The first-order chi connectivity index (χ1) is 17.0. The zero-order valence-corrected chi connectivity index (χ0v) is 21.6. The minimum absolute atomic E-state index is 0.0145. The van der Waals surface area contributed by atoms with Gasteiger partial charge in [-0.3, -0.25) is 19.1 Å². The Hall–Kier alpha value is -3.15. The van der Waals surface area contributed by atoms with Crippen LogP contribution >= 0.6 is 7.37 Å². The minimum atomic E-state index is -3.93. The van der Waals surface area contributed by atoms with Gasteiger partial charge in [0.1, 0.15) is 12.2 Å². The minimum Gasteiger partial charge on any atom is -0.481 e. The van der Waals surface area contributed by atoms with E-state index in [1.54, 1.807) is 12.1 Å². The summed E-state index contributed by atoms with van der Waals surface area (Å²) < 4.78 is 26.7. The van der Waals surface area contributed by atoms with Crippen molar-refractivity contribution < 1.29 is 28.5 Å². The molecule has 190 valence electrons. The summed E-state index contributed by atoms with van der Waals surface area (Å²) >= 11 is 0. The molecule has 3 rings (SSSR count). The maximum absolute atomic E-state index is 13.8. The van der Waals surface area contributed by atoms with Gasteiger partial charge in [0.2, 0.25) is 7.37 Å². The van der Waals surface area contributed by atoms with Crippen molar-refractivity contribution in [3.05, 3.63) is 77.2 Å². The van der Waals surface area contributed by atoms with Crippen LogP contribution < -0.4 is 0 Å². The van der Waals surface area contributed by atoms with E-state index >= 15 is 0 Å². The Kier molecular flexibility index (Phi) is 8.93. The van der Waals surface area contributed by atoms with E-state index in [1.807, 2.05) is 51.1 Å². The summed E-state index contributed by atoms with van der Waals surface area (Å²) in [6.45, 7) is 6.00. The highest BCUT2D eigenvalue weighted by Crippen LogP contribution is 2.44. The fraction of sp³-hybridized carbons (Fsp3) is 0.321. The summed E-state index contributed by atoms with van der Waals surface area (Å²) in [4.78, 5) is 38.3. The van der Waals surface area contributed by atoms with E-state index in [0.29, 0.717) is 6.42 Å². The van der Waals surface area contributed by atoms with Crippen molar-refractivity contribution in [3.8, 4) is 22.4 Å². The molecule has 0 amide bonds. The predicted molar refractivity (Wildman–Crippen MR) is 139 cm³/mol. The van der Waals surface area contributed by atoms with Crippen molar-refractivity contribution in [2.45, 2.75) is 46.0 Å². The lowest BCUT2D eigenvalue weighted by Gasteiger charge is -2.24. The van der Waals surface area contributed by atoms with Crippen molar-refractivity contribution in [2.24, 2.45) is 0 Å². The number of aromatic nitrogens is 1. The molecule has 0 saturated carbocycles. The molecule has 0 saturated heterocycles. The van der Waals surface area contributed by atoms with Gasteiger partial charge in [-0.15, -0.1) is 0 Å². The second-order valence-electron chi connectivity index (χ2n) is 9.15. The molecule has 1 unspecified atom stereocenters. The van der Waals surface area contributed by atoms with Crippen LogP contribution in [0.2, 0.25) is 0 Å². The fourth-order valence-corrected chi connectivity index (χ4v) is 5.82. The lowest BCUT2D eigenvalue weighted by Crippen LogP contribution is -2.14. The number of nitrogens with zero attached hydrogens (tertiary/aromatic N) is 1. The highest BCUT2D eigenvalue weighted by Gasteiger charge is 2.27. The number of halogens is 1. The number of benzene rings is 2. The monoisotopic (exact) mass is 511 g/mol. The molecule has 6 nitrogen and oxygen atoms in total. The van der Waals surface area contributed by atoms with E-state index in [2.05, 4.69) is 0 Å². The van der Waals surface area contributed by atoms with E-state index in [0.717, 1.165) is 39.2 Å². The normalized spacial score (nSPS) is 12.9. The van der Waals surface area contributed by atoms with Gasteiger partial charge in [-0.2, -0.15) is 0 Å². The number of carboxylic acid groups (broad SMARTS) is 1. The summed E-state index contributed by atoms with van der Waals surface area (Å²) in [6.07, 6.45) is -0.858. The second kappa shape index (κ2) is 11.7. The van der Waals surface area contributed by atoms with Gasteiger partial charge in [0.25, 0.3) is 0 Å². The van der Waals surface area contributed by atoms with Crippen molar-refractivity contribution in [2.75, 3.05) is 12.3 Å². The van der Waals surface area contributed by atoms with Crippen LogP contribution in [0.1, 0.15) is 49.9 Å². The van der Waals surface area contributed by atoms with Gasteiger partial charge in [0.15, 0.2) is 5.78 Å². The number of carbonyl (C=O) groups excluding carboxylic acids is 1. The summed E-state index contributed by atoms with van der Waals surface area (Å²) in [6, 6.07) is 15.9. The Labute approximate surface area is 210 Å². The van der Waals surface area contributed by atoms with Gasteiger partial charge in [-0.05, 0) is 53.1 Å². The van der Waals surface area contributed by atoms with E-state index < -0.39 is 31.7 Å². The quantitative estimate of drug-likeness (QED) is 0.238. The molecule has 1 aromatic heterocycles. The maximum atomic E-state index is 13.8. The molecule has 1 atom stereocenters. The lowest BCUT2D eigenvalue weighted by molar-refractivity contribution is -0.139. The number of aliphatic carboxylic acids is 1. The number of ketones is 1. The SMILES string of the molecule is CCc1c(-c2ccccc2)nc(C(C)C)c(CCP(=O)(O)CC(=O)CC(=O)O)c1-c1ccc(F)cc1. The standard InChI is InChI=1S/C28H31FNO5P/c1-4-23-26(19-10-12-21(29)13-11-19)24(14-15-36(34,35)17-22(31)16-25(32)33)27(18(2)3)30-28(23)20-8-6-5-7-9-20/h5-13,18H,4,14-17H2,1-3H3,(H,32,33)(H,34,35). The molecule has 2 N–H and O–H groups in total. The highest BCUT2D eigenvalue weighted by molar-refractivity contribution is 7.59. The fourth-order valence-electron chi connectivity index (χ4n) is 4.42. The Morgan fingerprint density at radius 1 is 1.00 bits per heavy atom. The molecule has 0 aliphatic rings. The van der Waals surface area contributed by atoms with Crippen LogP contribution in [0, 0.1) is 5.82 Å². The highest BCUT2D eigenvalue weighted by atomic mass is 31.2. The molecule has 1 heterocycles. The van der Waals surface area contributed by atoms with Crippen molar-refractivity contribution in [3.63, 3.8) is 0 Å². The van der Waals surface area contributed by atoms with Gasteiger partial charge in [-0.25, -0.2) is 4.39 Å². The van der Waals surface area contributed by atoms with Crippen LogP contribution in [-0.4, -0.2) is 39.1 Å². The van der Waals surface area contributed by atoms with Crippen LogP contribution in [0.25, 0.3) is 22.4 Å². The predicted octanol–water partition coefficient (Wildman–Crippen LogP) is 6.10. The summed E-state index contributed by atoms with van der Waals surface area (Å²) in [7, 11) is -3.93. The van der Waals surface area contributed by atoms with Gasteiger partial charge < -0.3 is 10.00 Å². The number of hydrogen-bond acceptors (Lipinski definition) is 4. The number of pyridine rings is 1. The third-order valence-corrected chi connectivity index (χ3v) is 7.76. The average Bonchev–Trinajstić information content (AvgIpc) is 2.81.